The first-order chi connectivity index (χ1) is 27.1. The average molecular weight is 754 g/mol. The summed E-state index contributed by atoms with van der Waals surface area (Å²) in [5, 5.41) is 12.4. The highest BCUT2D eigenvalue weighted by Crippen LogP contribution is 2.47. The van der Waals surface area contributed by atoms with Gasteiger partial charge in [-0.1, -0.05) is 30.3 Å². The van der Waals surface area contributed by atoms with E-state index in [0.29, 0.717) is 28.7 Å². The predicted molar refractivity (Wildman–Crippen MR) is 207 cm³/mol. The summed E-state index contributed by atoms with van der Waals surface area (Å²) in [5.41, 5.74) is 8.86. The fourth-order valence-electron chi connectivity index (χ4n) is 10.3. The van der Waals surface area contributed by atoms with Gasteiger partial charge in [0.25, 0.3) is 11.8 Å². The summed E-state index contributed by atoms with van der Waals surface area (Å²) >= 11 is 0. The van der Waals surface area contributed by atoms with Gasteiger partial charge >= 0.3 is 0 Å². The Hall–Kier alpha value is -5.39. The SMILES string of the molecule is O=C1CCC(N2C(=O)c3cc4c(cc3C2=O)CN(CC2CN(CC3CN(c5ccc([C@@H]6c7ccc(O)cc7CC[C@@H]6c6ccc(F)cc6)cc5)C3)C2)C4)C(=O)N1. The number of nitrogens with one attached hydrogen (secondary N) is 1. The number of hydrogen-bond acceptors (Lipinski definition) is 8. The van der Waals surface area contributed by atoms with Gasteiger partial charge in [-0.2, -0.15) is 0 Å². The molecule has 3 fully saturated rings. The molecule has 1 aliphatic carbocycles. The number of aromatic hydroxyl groups is 1. The molecule has 3 atom stereocenters. The highest BCUT2D eigenvalue weighted by Gasteiger charge is 2.46. The average Bonchev–Trinajstić information content (AvgIpc) is 3.66. The molecule has 6 aliphatic rings. The quantitative estimate of drug-likeness (QED) is 0.237. The fourth-order valence-corrected chi connectivity index (χ4v) is 10.3. The number of amides is 4. The highest BCUT2D eigenvalue weighted by atomic mass is 19.1. The van der Waals surface area contributed by atoms with Gasteiger partial charge in [-0.3, -0.25) is 34.3 Å². The molecule has 0 radical (unpaired) electrons. The van der Waals surface area contributed by atoms with Crippen LogP contribution in [0.4, 0.5) is 10.1 Å². The number of benzene rings is 4. The van der Waals surface area contributed by atoms with Crippen molar-refractivity contribution in [2.75, 3.05) is 44.2 Å². The van der Waals surface area contributed by atoms with Gasteiger partial charge in [0.2, 0.25) is 11.8 Å². The molecule has 5 aliphatic heterocycles. The Bertz CT molecular complexity index is 2220. The lowest BCUT2D eigenvalue weighted by Gasteiger charge is -2.48. The zero-order chi connectivity index (χ0) is 38.2. The van der Waals surface area contributed by atoms with E-state index < -0.39 is 23.8 Å². The van der Waals surface area contributed by atoms with Gasteiger partial charge < -0.3 is 14.9 Å². The molecular weight excluding hydrogens is 710 g/mol. The molecular formula is C45H44FN5O5. The number of rotatable bonds is 8. The third-order valence-electron chi connectivity index (χ3n) is 13.1. The van der Waals surface area contributed by atoms with Crippen molar-refractivity contribution in [3.05, 3.63) is 129 Å². The van der Waals surface area contributed by atoms with Crippen LogP contribution < -0.4 is 10.2 Å². The van der Waals surface area contributed by atoms with Crippen molar-refractivity contribution in [3.8, 4) is 5.75 Å². The summed E-state index contributed by atoms with van der Waals surface area (Å²) in [7, 11) is 0. The van der Waals surface area contributed by atoms with E-state index in [-0.39, 0.29) is 36.4 Å². The number of piperidine rings is 1. The Kier molecular flexibility index (Phi) is 8.56. The lowest BCUT2D eigenvalue weighted by atomic mass is 9.69. The van der Waals surface area contributed by atoms with Crippen LogP contribution in [0.5, 0.6) is 5.75 Å². The zero-order valence-electron chi connectivity index (χ0n) is 31.1. The zero-order valence-corrected chi connectivity index (χ0v) is 31.1. The van der Waals surface area contributed by atoms with Crippen LogP contribution in [0.1, 0.15) is 85.2 Å². The van der Waals surface area contributed by atoms with Crippen LogP contribution in [0.15, 0.2) is 78.9 Å². The first kappa shape index (κ1) is 35.1. The standard InChI is InChI=1S/C45H44FN5O5/c46-33-6-1-28(2-7-33)36-11-5-30-15-35(52)10-12-37(30)42(36)29-3-8-34(9-4-29)50-22-27(23-50)21-48-18-26(19-48)20-49-24-31-16-38-39(17-32(31)25-49)45(56)51(44(38)55)40-13-14-41(53)47-43(40)54/h1-4,6-10,12,15-17,26-27,36,40,42,52H,5,11,13-14,18-25H2,(H,47,53,54)/t36-,40?,42+/m1/s1. The summed E-state index contributed by atoms with van der Waals surface area (Å²) in [5.74, 6) is -0.234. The van der Waals surface area contributed by atoms with E-state index >= 15 is 0 Å². The number of hydrogen-bond donors (Lipinski definition) is 2. The number of halogens is 1. The van der Waals surface area contributed by atoms with Crippen LogP contribution in [0, 0.1) is 17.7 Å². The van der Waals surface area contributed by atoms with Crippen molar-refractivity contribution in [1.82, 2.24) is 20.0 Å². The van der Waals surface area contributed by atoms with E-state index in [1.165, 1.54) is 22.4 Å². The topological polar surface area (TPSA) is 114 Å². The highest BCUT2D eigenvalue weighted by molar-refractivity contribution is 6.23. The molecule has 0 saturated carbocycles. The third kappa shape index (κ3) is 6.17. The second-order valence-electron chi connectivity index (χ2n) is 16.8. The van der Waals surface area contributed by atoms with Crippen molar-refractivity contribution in [3.63, 3.8) is 0 Å². The Morgan fingerprint density at radius 2 is 1.32 bits per heavy atom. The maximum atomic E-state index is 13.8. The molecule has 2 N–H and O–H groups in total. The molecule has 0 aromatic heterocycles. The molecule has 10 nitrogen and oxygen atoms in total. The normalized spacial score (nSPS) is 24.1. The Labute approximate surface area is 324 Å². The largest absolute Gasteiger partial charge is 0.508 e. The van der Waals surface area contributed by atoms with Gasteiger partial charge in [0.1, 0.15) is 17.6 Å². The number of fused-ring (bicyclic) bond motifs is 3. The predicted octanol–water partition coefficient (Wildman–Crippen LogP) is 5.18. The summed E-state index contributed by atoms with van der Waals surface area (Å²) in [6, 6.07) is 24.4. The van der Waals surface area contributed by atoms with Crippen LogP contribution in [-0.2, 0) is 29.1 Å². The number of likely N-dealkylation sites (tertiary alicyclic amines) is 1. The molecule has 0 bridgehead atoms. The van der Waals surface area contributed by atoms with E-state index in [0.717, 1.165) is 86.8 Å². The Morgan fingerprint density at radius 3 is 2.00 bits per heavy atom. The second-order valence-corrected chi connectivity index (χ2v) is 16.8. The van der Waals surface area contributed by atoms with E-state index in [2.05, 4.69) is 50.3 Å². The number of phenols is 1. The van der Waals surface area contributed by atoms with Crippen LogP contribution >= 0.6 is 0 Å². The van der Waals surface area contributed by atoms with E-state index in [1.54, 1.807) is 18.2 Å². The molecule has 4 aromatic rings. The number of nitrogens with zero attached hydrogens (tertiary/aromatic N) is 4. The van der Waals surface area contributed by atoms with E-state index in [1.807, 2.05) is 30.3 Å². The number of carbonyl (C=O) groups excluding carboxylic acids is 4. The fraction of sp³-hybridized carbons (Fsp3) is 0.378. The van der Waals surface area contributed by atoms with Crippen molar-refractivity contribution < 1.29 is 28.7 Å². The molecule has 1 unspecified atom stereocenters. The molecule has 5 heterocycles. The number of anilines is 1. The smallest absolute Gasteiger partial charge is 0.262 e. The minimum Gasteiger partial charge on any atom is -0.508 e. The lowest BCUT2D eigenvalue weighted by molar-refractivity contribution is -0.136. The number of phenolic OH excluding ortho intramolecular Hbond substituents is 1. The van der Waals surface area contributed by atoms with Crippen molar-refractivity contribution in [1.29, 1.82) is 0 Å². The molecule has 3 saturated heterocycles. The molecule has 11 heteroatoms. The molecule has 10 rings (SSSR count). The Morgan fingerprint density at radius 1 is 0.679 bits per heavy atom. The minimum absolute atomic E-state index is 0.107. The maximum absolute atomic E-state index is 13.8. The van der Waals surface area contributed by atoms with Crippen molar-refractivity contribution in [2.24, 2.45) is 11.8 Å². The van der Waals surface area contributed by atoms with Crippen LogP contribution in [0.25, 0.3) is 0 Å². The monoisotopic (exact) mass is 753 g/mol. The van der Waals surface area contributed by atoms with Gasteiger partial charge in [-0.05, 0) is 113 Å². The van der Waals surface area contributed by atoms with Gasteiger partial charge in [0.15, 0.2) is 0 Å². The summed E-state index contributed by atoms with van der Waals surface area (Å²) in [6.07, 6.45) is 2.08. The van der Waals surface area contributed by atoms with Gasteiger partial charge in [-0.15, -0.1) is 0 Å². The lowest BCUT2D eigenvalue weighted by Crippen LogP contribution is -2.57. The second kappa shape index (κ2) is 13.7. The third-order valence-corrected chi connectivity index (χ3v) is 13.1. The summed E-state index contributed by atoms with van der Waals surface area (Å²) in [4.78, 5) is 59.1. The molecule has 4 amide bonds. The first-order valence-corrected chi connectivity index (χ1v) is 19.9. The van der Waals surface area contributed by atoms with Crippen LogP contribution in [0.2, 0.25) is 0 Å². The molecule has 0 spiro atoms. The number of aryl methyl sites for hydroxylation is 1. The van der Waals surface area contributed by atoms with E-state index in [9.17, 15) is 28.7 Å². The van der Waals surface area contributed by atoms with Gasteiger partial charge in [0.05, 0.1) is 11.1 Å². The van der Waals surface area contributed by atoms with E-state index in [4.69, 9.17) is 0 Å². The van der Waals surface area contributed by atoms with Crippen molar-refractivity contribution >= 4 is 29.3 Å². The maximum Gasteiger partial charge on any atom is 0.262 e. The van der Waals surface area contributed by atoms with Crippen molar-refractivity contribution in [2.45, 2.75) is 56.7 Å². The molecule has 56 heavy (non-hydrogen) atoms. The Balaban J connectivity index is 0.711. The minimum atomic E-state index is -0.949. The first-order valence-electron chi connectivity index (χ1n) is 19.9. The summed E-state index contributed by atoms with van der Waals surface area (Å²) in [6.45, 7) is 7.75. The van der Waals surface area contributed by atoms with Gasteiger partial charge in [0, 0.05) is 76.3 Å². The summed E-state index contributed by atoms with van der Waals surface area (Å²) < 4.78 is 13.8. The number of carbonyl (C=O) groups is 4. The number of imide groups is 2. The molecule has 286 valence electrons. The molecule has 4 aromatic carbocycles. The van der Waals surface area contributed by atoms with Crippen LogP contribution in [-0.4, -0.2) is 88.7 Å². The van der Waals surface area contributed by atoms with Crippen LogP contribution in [0.3, 0.4) is 0 Å². The van der Waals surface area contributed by atoms with Gasteiger partial charge in [-0.25, -0.2) is 4.39 Å².